The van der Waals surface area contributed by atoms with Crippen LogP contribution in [0, 0.1) is 6.92 Å². The van der Waals surface area contributed by atoms with E-state index in [2.05, 4.69) is 26.0 Å². The average Bonchev–Trinajstić information content (AvgIpc) is 2.61. The maximum absolute atomic E-state index is 11.8. The van der Waals surface area contributed by atoms with Gasteiger partial charge in [0.15, 0.2) is 0 Å². The third kappa shape index (κ3) is 4.36. The van der Waals surface area contributed by atoms with Crippen LogP contribution >= 0.6 is 0 Å². The molecule has 2 heterocycles. The summed E-state index contributed by atoms with van der Waals surface area (Å²) in [5.74, 6) is 0.279. The van der Waals surface area contributed by atoms with E-state index < -0.39 is 11.7 Å². The zero-order chi connectivity index (χ0) is 20.5. The molecule has 3 rings (SSSR count). The highest BCUT2D eigenvalue weighted by atomic mass is 16.6. The Labute approximate surface area is 163 Å². The first kappa shape index (κ1) is 19.5. The normalized spacial score (nSPS) is 13.8. The maximum Gasteiger partial charge on any atom is 0.426 e. The Balaban J connectivity index is 1.74. The molecule has 0 aliphatic carbocycles. The Hall–Kier alpha value is -3.23. The lowest BCUT2D eigenvalue weighted by atomic mass is 9.97. The van der Waals surface area contributed by atoms with Gasteiger partial charge in [-0.15, -0.1) is 10.2 Å². The highest BCUT2D eigenvalue weighted by Gasteiger charge is 2.22. The van der Waals surface area contributed by atoms with Gasteiger partial charge in [-0.25, -0.2) is 15.2 Å². The summed E-state index contributed by atoms with van der Waals surface area (Å²) in [6.45, 7) is 7.14. The van der Waals surface area contributed by atoms with Crippen molar-refractivity contribution < 1.29 is 14.3 Å². The minimum Gasteiger partial charge on any atom is -0.443 e. The molecule has 148 valence electrons. The van der Waals surface area contributed by atoms with E-state index in [-0.39, 0.29) is 11.9 Å². The summed E-state index contributed by atoms with van der Waals surface area (Å²) in [6.07, 6.45) is 0.562. The highest BCUT2D eigenvalue weighted by Crippen LogP contribution is 2.31. The largest absolute Gasteiger partial charge is 0.443 e. The fraction of sp³-hybridized carbons (Fsp3) is 0.421. The number of hydrogen-bond donors (Lipinski definition) is 2. The number of amides is 2. The molecular formula is C19H24N6O3. The van der Waals surface area contributed by atoms with E-state index in [1.807, 2.05) is 25.1 Å². The molecule has 0 saturated heterocycles. The molecule has 1 aliphatic heterocycles. The second-order valence-electron chi connectivity index (χ2n) is 7.62. The summed E-state index contributed by atoms with van der Waals surface area (Å²) in [4.78, 5) is 29.5. The number of ether oxygens (including phenoxy) is 1. The van der Waals surface area contributed by atoms with Crippen LogP contribution in [0.15, 0.2) is 18.2 Å². The number of benzene rings is 1. The summed E-state index contributed by atoms with van der Waals surface area (Å²) in [7, 11) is 1.78. The third-order valence-electron chi connectivity index (χ3n) is 4.23. The van der Waals surface area contributed by atoms with Crippen molar-refractivity contribution in [3.63, 3.8) is 0 Å². The molecule has 9 heteroatoms. The summed E-state index contributed by atoms with van der Waals surface area (Å²) in [5, 5.41) is 8.25. The van der Waals surface area contributed by atoms with Crippen molar-refractivity contribution in [3.05, 3.63) is 29.5 Å². The molecule has 1 aromatic heterocycles. The first-order valence-electron chi connectivity index (χ1n) is 9.00. The predicted octanol–water partition coefficient (Wildman–Crippen LogP) is 2.61. The van der Waals surface area contributed by atoms with Gasteiger partial charge < -0.3 is 9.64 Å². The summed E-state index contributed by atoms with van der Waals surface area (Å²) in [5.41, 5.74) is 8.56. The summed E-state index contributed by atoms with van der Waals surface area (Å²) < 4.78 is 5.14. The van der Waals surface area contributed by atoms with Gasteiger partial charge in [-0.1, -0.05) is 6.07 Å². The SMILES string of the molecule is Cc1nc(NNC(=O)OC(C)(C)C)nnc1-c1ccc2c(c1)CCC(=O)N2C. The number of nitrogens with one attached hydrogen (secondary N) is 2. The molecule has 0 saturated carbocycles. The number of hydrazine groups is 1. The van der Waals surface area contributed by atoms with Crippen molar-refractivity contribution in [2.45, 2.75) is 46.1 Å². The minimum absolute atomic E-state index is 0.116. The minimum atomic E-state index is -0.633. The second kappa shape index (κ2) is 7.41. The van der Waals surface area contributed by atoms with Crippen LogP contribution in [0.3, 0.4) is 0 Å². The van der Waals surface area contributed by atoms with Crippen molar-refractivity contribution in [1.82, 2.24) is 20.6 Å². The van der Waals surface area contributed by atoms with Gasteiger partial charge >= 0.3 is 6.09 Å². The molecule has 1 aromatic carbocycles. The third-order valence-corrected chi connectivity index (χ3v) is 4.23. The van der Waals surface area contributed by atoms with Crippen molar-refractivity contribution in [2.24, 2.45) is 0 Å². The van der Waals surface area contributed by atoms with Gasteiger partial charge in [0.05, 0.1) is 5.69 Å². The zero-order valence-electron chi connectivity index (χ0n) is 16.7. The van der Waals surface area contributed by atoms with Crippen LogP contribution in [0.25, 0.3) is 11.3 Å². The van der Waals surface area contributed by atoms with Crippen LogP contribution < -0.4 is 15.8 Å². The molecule has 1 aliphatic rings. The number of fused-ring (bicyclic) bond motifs is 1. The lowest BCUT2D eigenvalue weighted by molar-refractivity contribution is -0.118. The monoisotopic (exact) mass is 384 g/mol. The van der Waals surface area contributed by atoms with Gasteiger partial charge in [0, 0.05) is 24.7 Å². The number of hydrogen-bond acceptors (Lipinski definition) is 7. The zero-order valence-corrected chi connectivity index (χ0v) is 16.7. The van der Waals surface area contributed by atoms with Crippen LogP contribution in [0.5, 0.6) is 0 Å². The molecule has 2 aromatic rings. The van der Waals surface area contributed by atoms with Crippen molar-refractivity contribution in [3.8, 4) is 11.3 Å². The summed E-state index contributed by atoms with van der Waals surface area (Å²) in [6, 6.07) is 5.83. The second-order valence-corrected chi connectivity index (χ2v) is 7.62. The molecular weight excluding hydrogens is 360 g/mol. The number of carbonyl (C=O) groups is 2. The molecule has 0 radical (unpaired) electrons. The molecule has 0 unspecified atom stereocenters. The average molecular weight is 384 g/mol. The number of aryl methyl sites for hydroxylation is 2. The maximum atomic E-state index is 11.8. The topological polar surface area (TPSA) is 109 Å². The number of aromatic nitrogens is 3. The lowest BCUT2D eigenvalue weighted by Crippen LogP contribution is -2.36. The molecule has 2 amide bonds. The van der Waals surface area contributed by atoms with Crippen LogP contribution in [-0.4, -0.2) is 39.8 Å². The summed E-state index contributed by atoms with van der Waals surface area (Å²) >= 11 is 0. The Kier molecular flexibility index (Phi) is 5.17. The van der Waals surface area contributed by atoms with Gasteiger partial charge in [-0.05, 0) is 51.8 Å². The Morgan fingerprint density at radius 1 is 1.21 bits per heavy atom. The van der Waals surface area contributed by atoms with E-state index in [1.54, 1.807) is 32.7 Å². The smallest absolute Gasteiger partial charge is 0.426 e. The molecule has 28 heavy (non-hydrogen) atoms. The van der Waals surface area contributed by atoms with Crippen LogP contribution in [0.1, 0.15) is 38.4 Å². The van der Waals surface area contributed by atoms with Gasteiger partial charge in [-0.2, -0.15) is 0 Å². The van der Waals surface area contributed by atoms with E-state index >= 15 is 0 Å². The van der Waals surface area contributed by atoms with Crippen molar-refractivity contribution >= 4 is 23.6 Å². The fourth-order valence-corrected chi connectivity index (χ4v) is 2.94. The number of carbonyl (C=O) groups excluding carboxylic acids is 2. The van der Waals surface area contributed by atoms with Crippen molar-refractivity contribution in [1.29, 1.82) is 0 Å². The van der Waals surface area contributed by atoms with E-state index in [4.69, 9.17) is 4.74 Å². The Morgan fingerprint density at radius 3 is 2.64 bits per heavy atom. The van der Waals surface area contributed by atoms with Gasteiger partial charge in [0.25, 0.3) is 5.95 Å². The Morgan fingerprint density at radius 2 is 1.96 bits per heavy atom. The van der Waals surface area contributed by atoms with Crippen LogP contribution in [-0.2, 0) is 16.0 Å². The number of anilines is 2. The van der Waals surface area contributed by atoms with Gasteiger partial charge in [0.1, 0.15) is 11.3 Å². The molecule has 0 atom stereocenters. The highest BCUT2D eigenvalue weighted by molar-refractivity contribution is 5.96. The Bertz CT molecular complexity index is 922. The molecule has 9 nitrogen and oxygen atoms in total. The quantitative estimate of drug-likeness (QED) is 0.783. The first-order chi connectivity index (χ1) is 13.1. The molecule has 0 fully saturated rings. The van der Waals surface area contributed by atoms with E-state index in [0.717, 1.165) is 16.8 Å². The standard InChI is InChI=1S/C19H24N6O3/c1-11-16(13-6-8-14-12(10-13)7-9-15(26)25(14)5)21-22-17(20-11)23-24-18(27)28-19(2,3)4/h6,8,10H,7,9H2,1-5H3,(H,24,27)(H,20,22,23). The van der Waals surface area contributed by atoms with E-state index in [1.165, 1.54) is 0 Å². The first-order valence-corrected chi connectivity index (χ1v) is 9.00. The number of nitrogens with zero attached hydrogens (tertiary/aromatic N) is 4. The van der Waals surface area contributed by atoms with E-state index in [9.17, 15) is 9.59 Å². The predicted molar refractivity (Wildman–Crippen MR) is 105 cm³/mol. The van der Waals surface area contributed by atoms with Crippen molar-refractivity contribution in [2.75, 3.05) is 17.4 Å². The molecule has 0 bridgehead atoms. The van der Waals surface area contributed by atoms with Crippen LogP contribution in [0.4, 0.5) is 16.4 Å². The van der Waals surface area contributed by atoms with Gasteiger partial charge in [-0.3, -0.25) is 10.2 Å². The van der Waals surface area contributed by atoms with Crippen LogP contribution in [0.2, 0.25) is 0 Å². The molecule has 0 spiro atoms. The molecule has 2 N–H and O–H groups in total. The fourth-order valence-electron chi connectivity index (χ4n) is 2.94. The lowest BCUT2D eigenvalue weighted by Gasteiger charge is -2.26. The number of rotatable bonds is 3. The van der Waals surface area contributed by atoms with E-state index in [0.29, 0.717) is 24.2 Å². The van der Waals surface area contributed by atoms with Gasteiger partial charge in [0.2, 0.25) is 5.91 Å².